The summed E-state index contributed by atoms with van der Waals surface area (Å²) < 4.78 is 52.6. The molecule has 1 aromatic carbocycles. The smallest absolute Gasteiger partial charge is 0.382 e. The van der Waals surface area contributed by atoms with Gasteiger partial charge in [0.1, 0.15) is 5.82 Å². The molecule has 1 aromatic rings. The number of fused-ring (bicyclic) bond motifs is 1. The van der Waals surface area contributed by atoms with Gasteiger partial charge in [-0.05, 0) is 30.4 Å². The van der Waals surface area contributed by atoms with Crippen molar-refractivity contribution in [2.75, 3.05) is 11.4 Å². The van der Waals surface area contributed by atoms with Crippen LogP contribution in [0.3, 0.4) is 0 Å². The lowest BCUT2D eigenvalue weighted by molar-refractivity contribution is -0.210. The van der Waals surface area contributed by atoms with Gasteiger partial charge in [-0.25, -0.2) is 14.1 Å². The van der Waals surface area contributed by atoms with Crippen LogP contribution >= 0.6 is 0 Å². The first-order chi connectivity index (χ1) is 10.8. The summed E-state index contributed by atoms with van der Waals surface area (Å²) >= 11 is 0. The molecule has 0 radical (unpaired) electrons. The molecule has 4 atom stereocenters. The third kappa shape index (κ3) is 2.49. The highest BCUT2D eigenvalue weighted by atomic mass is 19.4. The molecule has 23 heavy (non-hydrogen) atoms. The number of rotatable bonds is 2. The van der Waals surface area contributed by atoms with E-state index < -0.39 is 29.8 Å². The number of aliphatic hydroxyl groups excluding tert-OH is 1. The predicted molar refractivity (Wildman–Crippen MR) is 73.7 cm³/mol. The second-order valence-corrected chi connectivity index (χ2v) is 5.81. The van der Waals surface area contributed by atoms with Crippen molar-refractivity contribution in [3.05, 3.63) is 40.8 Å². The molecule has 1 aliphatic carbocycles. The summed E-state index contributed by atoms with van der Waals surface area (Å²) in [6, 6.07) is 0.990. The van der Waals surface area contributed by atoms with E-state index in [-0.39, 0.29) is 29.8 Å². The van der Waals surface area contributed by atoms with Crippen molar-refractivity contribution >= 4 is 17.1 Å². The lowest BCUT2D eigenvalue weighted by atomic mass is 10.0. The molecule has 1 saturated carbocycles. The Labute approximate surface area is 129 Å². The normalized spacial score (nSPS) is 27.1. The van der Waals surface area contributed by atoms with Gasteiger partial charge in [0.05, 0.1) is 19.2 Å². The molecular formula is C15H11F4N3O. The van der Waals surface area contributed by atoms with Crippen molar-refractivity contribution < 1.29 is 22.7 Å². The molecule has 0 aromatic heterocycles. The van der Waals surface area contributed by atoms with Crippen molar-refractivity contribution in [2.24, 2.45) is 11.8 Å². The average molecular weight is 325 g/mol. The molecule has 2 aliphatic rings. The summed E-state index contributed by atoms with van der Waals surface area (Å²) in [5.74, 6) is -1.19. The van der Waals surface area contributed by atoms with Gasteiger partial charge in [-0.3, -0.25) is 0 Å². The van der Waals surface area contributed by atoms with Crippen molar-refractivity contribution in [3.8, 4) is 0 Å². The quantitative estimate of drug-likeness (QED) is 0.664. The van der Waals surface area contributed by atoms with E-state index in [4.69, 9.17) is 13.1 Å². The Morgan fingerprint density at radius 3 is 2.52 bits per heavy atom. The molecule has 1 N–H and O–H groups in total. The maximum atomic E-state index is 14.0. The molecule has 0 amide bonds. The Balaban J connectivity index is 2.00. The number of hydrogen-bond donors (Lipinski definition) is 1. The minimum Gasteiger partial charge on any atom is -0.382 e. The molecular weight excluding hydrogens is 314 g/mol. The highest BCUT2D eigenvalue weighted by molar-refractivity contribution is 5.76. The monoisotopic (exact) mass is 325 g/mol. The number of nitrogens with zero attached hydrogens (tertiary/aromatic N) is 3. The molecule has 0 unspecified atom stereocenters. The first-order valence-corrected chi connectivity index (χ1v) is 6.87. The third-order valence-electron chi connectivity index (χ3n) is 4.46. The number of piperidine rings is 1. The Kier molecular flexibility index (Phi) is 3.46. The Morgan fingerprint density at radius 2 is 1.96 bits per heavy atom. The van der Waals surface area contributed by atoms with E-state index in [0.29, 0.717) is 6.42 Å². The zero-order valence-electron chi connectivity index (χ0n) is 11.7. The van der Waals surface area contributed by atoms with Crippen LogP contribution in [-0.2, 0) is 0 Å². The Hall–Kier alpha value is -2.32. The fourth-order valence-electron chi connectivity index (χ4n) is 3.31. The number of alkyl halides is 3. The van der Waals surface area contributed by atoms with Crippen LogP contribution in [0.1, 0.15) is 6.42 Å². The lowest BCUT2D eigenvalue weighted by Crippen LogP contribution is -2.49. The fourth-order valence-corrected chi connectivity index (χ4v) is 3.31. The second kappa shape index (κ2) is 5.10. The van der Waals surface area contributed by atoms with Gasteiger partial charge in [-0.1, -0.05) is 0 Å². The van der Waals surface area contributed by atoms with Gasteiger partial charge in [0.25, 0.3) is 0 Å². The van der Waals surface area contributed by atoms with Crippen LogP contribution in [0.25, 0.3) is 9.69 Å². The molecule has 3 rings (SSSR count). The van der Waals surface area contributed by atoms with E-state index in [1.165, 1.54) is 11.0 Å². The summed E-state index contributed by atoms with van der Waals surface area (Å²) in [5, 5.41) is 9.64. The number of benzene rings is 1. The van der Waals surface area contributed by atoms with Crippen LogP contribution in [0, 0.1) is 30.8 Å². The lowest BCUT2D eigenvalue weighted by Gasteiger charge is -2.34. The van der Waals surface area contributed by atoms with Crippen molar-refractivity contribution in [2.45, 2.75) is 24.7 Å². The van der Waals surface area contributed by atoms with Gasteiger partial charge < -0.3 is 10.0 Å². The van der Waals surface area contributed by atoms with Crippen LogP contribution in [0.2, 0.25) is 0 Å². The SMILES string of the molecule is [C-]#[N+]c1cc(N2C[C@H]3C[C@H]3[C@@H]2[C@@H](O)C(F)(F)F)cc(F)c1[N+]#[C-]. The average Bonchev–Trinajstić information content (AvgIpc) is 3.15. The van der Waals surface area contributed by atoms with Crippen LogP contribution in [0.4, 0.5) is 34.6 Å². The maximum Gasteiger partial charge on any atom is 0.416 e. The van der Waals surface area contributed by atoms with Gasteiger partial charge >= 0.3 is 6.18 Å². The van der Waals surface area contributed by atoms with Crippen LogP contribution < -0.4 is 4.90 Å². The zero-order valence-corrected chi connectivity index (χ0v) is 11.7. The zero-order chi connectivity index (χ0) is 16.9. The van der Waals surface area contributed by atoms with Gasteiger partial charge in [-0.15, -0.1) is 0 Å². The minimum absolute atomic E-state index is 0.0389. The van der Waals surface area contributed by atoms with Crippen molar-refractivity contribution in [1.29, 1.82) is 0 Å². The summed E-state index contributed by atoms with van der Waals surface area (Å²) in [5.41, 5.74) is -0.585. The number of aliphatic hydroxyl groups is 1. The highest BCUT2D eigenvalue weighted by Gasteiger charge is 2.60. The van der Waals surface area contributed by atoms with Crippen LogP contribution in [-0.4, -0.2) is 30.0 Å². The molecule has 0 spiro atoms. The molecule has 4 nitrogen and oxygen atoms in total. The van der Waals surface area contributed by atoms with Gasteiger partial charge in [0.2, 0.25) is 5.69 Å². The summed E-state index contributed by atoms with van der Waals surface area (Å²) in [6.45, 7) is 14.2. The van der Waals surface area contributed by atoms with E-state index in [9.17, 15) is 22.7 Å². The molecule has 120 valence electrons. The first-order valence-electron chi connectivity index (χ1n) is 6.87. The third-order valence-corrected chi connectivity index (χ3v) is 4.46. The van der Waals surface area contributed by atoms with Crippen LogP contribution in [0.5, 0.6) is 0 Å². The van der Waals surface area contributed by atoms with Crippen molar-refractivity contribution in [3.63, 3.8) is 0 Å². The van der Waals surface area contributed by atoms with E-state index >= 15 is 0 Å². The molecule has 1 saturated heterocycles. The summed E-state index contributed by atoms with van der Waals surface area (Å²) in [7, 11) is 0. The Morgan fingerprint density at radius 1 is 1.26 bits per heavy atom. The summed E-state index contributed by atoms with van der Waals surface area (Å²) in [6.07, 6.45) is -6.69. The predicted octanol–water partition coefficient (Wildman–Crippen LogP) is 3.68. The maximum absolute atomic E-state index is 14.0. The molecule has 1 heterocycles. The van der Waals surface area contributed by atoms with Crippen LogP contribution in [0.15, 0.2) is 12.1 Å². The largest absolute Gasteiger partial charge is 0.416 e. The standard InChI is InChI=1S/C15H11F4N3O/c1-20-11-5-8(4-10(16)12(11)21-2)22-6-7-3-9(7)13(22)14(23)15(17,18)19/h4-5,7,9,13-14,23H,3,6H2/t7-,9-,13-,14-/m1/s1. The Bertz CT molecular complexity index is 734. The molecule has 2 fully saturated rings. The van der Waals surface area contributed by atoms with E-state index in [0.717, 1.165) is 6.07 Å². The van der Waals surface area contributed by atoms with Gasteiger partial charge in [0, 0.05) is 12.2 Å². The molecule has 1 aliphatic heterocycles. The topological polar surface area (TPSA) is 32.2 Å². The van der Waals surface area contributed by atoms with E-state index in [1.807, 2.05) is 0 Å². The fraction of sp³-hybridized carbons (Fsp3) is 0.467. The number of hydrogen-bond acceptors (Lipinski definition) is 2. The molecule has 8 heteroatoms. The first kappa shape index (κ1) is 15.6. The summed E-state index contributed by atoms with van der Waals surface area (Å²) in [4.78, 5) is 7.32. The number of anilines is 1. The minimum atomic E-state index is -4.77. The number of halogens is 4. The van der Waals surface area contributed by atoms with Crippen molar-refractivity contribution in [1.82, 2.24) is 0 Å². The van der Waals surface area contributed by atoms with Gasteiger partial charge in [0.15, 0.2) is 11.8 Å². The van der Waals surface area contributed by atoms with E-state index in [1.54, 1.807) is 0 Å². The second-order valence-electron chi connectivity index (χ2n) is 5.81. The molecule has 0 bridgehead atoms. The highest BCUT2D eigenvalue weighted by Crippen LogP contribution is 2.54. The van der Waals surface area contributed by atoms with E-state index in [2.05, 4.69) is 9.69 Å². The van der Waals surface area contributed by atoms with Gasteiger partial charge in [-0.2, -0.15) is 13.2 Å².